The topological polar surface area (TPSA) is 105 Å². The first-order chi connectivity index (χ1) is 13.9. The van der Waals surface area contributed by atoms with Gasteiger partial charge >= 0.3 is 0 Å². The number of hydrogen-bond acceptors (Lipinski definition) is 4. The molecule has 0 spiro atoms. The molecule has 0 aliphatic rings. The summed E-state index contributed by atoms with van der Waals surface area (Å²) in [4.78, 5) is 16.9. The van der Waals surface area contributed by atoms with E-state index in [4.69, 9.17) is 40.8 Å². The molecule has 2 aromatic carbocycles. The van der Waals surface area contributed by atoms with E-state index in [0.717, 1.165) is 5.56 Å². The summed E-state index contributed by atoms with van der Waals surface area (Å²) in [5, 5.41) is 10.6. The number of aryl methyl sites for hydroxylation is 1. The molecule has 0 unspecified atom stereocenters. The molecule has 0 aliphatic heterocycles. The van der Waals surface area contributed by atoms with E-state index in [1.54, 1.807) is 49.4 Å². The molecule has 3 aromatic rings. The van der Waals surface area contributed by atoms with Crippen LogP contribution < -0.4 is 15.3 Å². The first-order valence-corrected chi connectivity index (χ1v) is 9.44. The number of amides is 1. The highest BCUT2D eigenvalue weighted by Crippen LogP contribution is 2.26. The van der Waals surface area contributed by atoms with Crippen molar-refractivity contribution in [3.8, 4) is 17.0 Å². The number of aromatic amines is 1. The quantitative estimate of drug-likeness (QED) is 0.392. The molecule has 10 heteroatoms. The summed E-state index contributed by atoms with van der Waals surface area (Å²) in [6, 6.07) is 11.9. The normalized spacial score (nSPS) is 11.4. The second-order valence-electron chi connectivity index (χ2n) is 6.11. The molecule has 1 amide bonds. The lowest BCUT2D eigenvalue weighted by atomic mass is 10.1. The summed E-state index contributed by atoms with van der Waals surface area (Å²) in [7, 11) is 0. The van der Waals surface area contributed by atoms with E-state index < -0.39 is 5.91 Å². The van der Waals surface area contributed by atoms with Gasteiger partial charge in [0, 0.05) is 21.3 Å². The fourth-order valence-corrected chi connectivity index (χ4v) is 3.35. The number of carbonyl (C=O) groups excluding carboxylic acids is 1. The largest absolute Gasteiger partial charge is 0.386 e. The number of carbonyl (C=O) groups is 1. The Hall–Kier alpha value is -2.74. The summed E-state index contributed by atoms with van der Waals surface area (Å²) in [5.74, 6) is 0.00371. The van der Waals surface area contributed by atoms with Gasteiger partial charge in [-0.1, -0.05) is 23.2 Å². The predicted octanol–water partition coefficient (Wildman–Crippen LogP) is 4.47. The van der Waals surface area contributed by atoms with Crippen LogP contribution in [0.25, 0.3) is 11.3 Å². The average molecular weight is 453 g/mol. The zero-order valence-electron chi connectivity index (χ0n) is 15.2. The second kappa shape index (κ2) is 9.17. The van der Waals surface area contributed by atoms with Crippen LogP contribution in [0.15, 0.2) is 47.5 Å². The fraction of sp³-hybridized carbons (Fsp3) is 0.105. The van der Waals surface area contributed by atoms with E-state index in [0.29, 0.717) is 38.3 Å². The Labute approximate surface area is 182 Å². The molecular weight excluding hydrogens is 437 g/mol. The third-order valence-electron chi connectivity index (χ3n) is 3.99. The summed E-state index contributed by atoms with van der Waals surface area (Å²) in [6.07, 6.45) is 0. The molecule has 0 saturated carbocycles. The zero-order chi connectivity index (χ0) is 21.0. The Morgan fingerprint density at radius 3 is 2.48 bits per heavy atom. The average Bonchev–Trinajstić information content (AvgIpc) is 3.07. The van der Waals surface area contributed by atoms with E-state index in [1.165, 1.54) is 0 Å². The molecule has 3 rings (SSSR count). The standard InChI is InChI=1S/C19H16Cl3N5O2/c1-10-16(17(27-26-10)12-2-4-15(29-22)5-3-12)18(28)25-19(23)24-9-11-6-13(20)8-14(21)7-11/h2-8H,9H2,1H3,(H,26,27)(H3,23,24,25,28). The minimum atomic E-state index is -0.436. The Bertz CT molecular complexity index is 1040. The zero-order valence-corrected chi connectivity index (χ0v) is 17.4. The van der Waals surface area contributed by atoms with Gasteiger partial charge in [0.1, 0.15) is 23.3 Å². The second-order valence-corrected chi connectivity index (χ2v) is 7.13. The maximum absolute atomic E-state index is 12.8. The molecule has 4 N–H and O–H groups in total. The minimum absolute atomic E-state index is 0.0384. The lowest BCUT2D eigenvalue weighted by molar-refractivity contribution is 0.0976. The van der Waals surface area contributed by atoms with Crippen molar-refractivity contribution in [2.45, 2.75) is 13.5 Å². The Kier molecular flexibility index (Phi) is 6.64. The Morgan fingerprint density at radius 1 is 1.21 bits per heavy atom. The van der Waals surface area contributed by atoms with Crippen LogP contribution in [0.3, 0.4) is 0 Å². The van der Waals surface area contributed by atoms with Crippen LogP contribution >= 0.6 is 35.1 Å². The monoisotopic (exact) mass is 451 g/mol. The van der Waals surface area contributed by atoms with Crippen LogP contribution in [0.1, 0.15) is 21.6 Å². The van der Waals surface area contributed by atoms with Crippen LogP contribution in [0, 0.1) is 6.92 Å². The molecule has 0 atom stereocenters. The molecule has 0 saturated heterocycles. The smallest absolute Gasteiger partial charge is 0.262 e. The van der Waals surface area contributed by atoms with Gasteiger partial charge in [0.15, 0.2) is 5.96 Å². The summed E-state index contributed by atoms with van der Waals surface area (Å²) < 4.78 is 4.63. The van der Waals surface area contributed by atoms with E-state index in [-0.39, 0.29) is 12.5 Å². The lowest BCUT2D eigenvalue weighted by Crippen LogP contribution is -2.37. The van der Waals surface area contributed by atoms with Crippen molar-refractivity contribution in [1.82, 2.24) is 15.5 Å². The van der Waals surface area contributed by atoms with Gasteiger partial charge in [0.05, 0.1) is 12.1 Å². The highest BCUT2D eigenvalue weighted by Gasteiger charge is 2.20. The van der Waals surface area contributed by atoms with Gasteiger partial charge in [-0.15, -0.1) is 0 Å². The molecule has 1 aromatic heterocycles. The summed E-state index contributed by atoms with van der Waals surface area (Å²) >= 11 is 17.3. The molecule has 0 bridgehead atoms. The number of nitrogens with zero attached hydrogens (tertiary/aromatic N) is 2. The number of hydrogen-bond donors (Lipinski definition) is 3. The van der Waals surface area contributed by atoms with E-state index in [2.05, 4.69) is 24.8 Å². The van der Waals surface area contributed by atoms with Crippen LogP contribution in [0.4, 0.5) is 0 Å². The molecule has 29 heavy (non-hydrogen) atoms. The number of rotatable bonds is 5. The molecule has 7 nitrogen and oxygen atoms in total. The van der Waals surface area contributed by atoms with E-state index in [9.17, 15) is 4.79 Å². The fourth-order valence-electron chi connectivity index (χ4n) is 2.68. The lowest BCUT2D eigenvalue weighted by Gasteiger charge is -2.07. The minimum Gasteiger partial charge on any atom is -0.386 e. The van der Waals surface area contributed by atoms with Crippen LogP contribution in [-0.2, 0) is 6.54 Å². The van der Waals surface area contributed by atoms with Crippen molar-refractivity contribution in [3.05, 3.63) is 69.3 Å². The number of nitrogens with two attached hydrogens (primary N) is 1. The van der Waals surface area contributed by atoms with Gasteiger partial charge in [0.2, 0.25) is 0 Å². The number of guanidine groups is 1. The maximum atomic E-state index is 12.8. The van der Waals surface area contributed by atoms with Crippen molar-refractivity contribution < 1.29 is 9.08 Å². The number of aromatic nitrogens is 2. The highest BCUT2D eigenvalue weighted by atomic mass is 35.5. The van der Waals surface area contributed by atoms with E-state index >= 15 is 0 Å². The van der Waals surface area contributed by atoms with Gasteiger partial charge in [-0.05, 0) is 55.0 Å². The third kappa shape index (κ3) is 5.20. The van der Waals surface area contributed by atoms with Gasteiger partial charge in [-0.25, -0.2) is 4.99 Å². The SMILES string of the molecule is Cc1[nH]nc(-c2ccc(OCl)cc2)c1C(=O)NC(N)=NCc1cc(Cl)cc(Cl)c1. The van der Waals surface area contributed by atoms with Crippen LogP contribution in [0.5, 0.6) is 5.75 Å². The van der Waals surface area contributed by atoms with Gasteiger partial charge in [-0.2, -0.15) is 5.10 Å². The predicted molar refractivity (Wildman–Crippen MR) is 114 cm³/mol. The third-order valence-corrected chi connectivity index (χ3v) is 4.60. The van der Waals surface area contributed by atoms with Gasteiger partial charge < -0.3 is 10.0 Å². The molecule has 150 valence electrons. The molecular formula is C19H16Cl3N5O2. The van der Waals surface area contributed by atoms with Crippen molar-refractivity contribution in [1.29, 1.82) is 0 Å². The molecule has 0 fully saturated rings. The Morgan fingerprint density at radius 2 is 1.86 bits per heavy atom. The van der Waals surface area contributed by atoms with Crippen molar-refractivity contribution in [3.63, 3.8) is 0 Å². The number of halogens is 3. The number of H-pyrrole nitrogens is 1. The van der Waals surface area contributed by atoms with E-state index in [1.807, 2.05) is 0 Å². The first-order valence-electron chi connectivity index (χ1n) is 8.37. The van der Waals surface area contributed by atoms with Crippen molar-refractivity contribution >= 4 is 46.9 Å². The molecule has 1 heterocycles. The van der Waals surface area contributed by atoms with Crippen LogP contribution in [0.2, 0.25) is 10.0 Å². The Balaban J connectivity index is 1.77. The van der Waals surface area contributed by atoms with Gasteiger partial charge in [-0.3, -0.25) is 15.2 Å². The summed E-state index contributed by atoms with van der Waals surface area (Å²) in [5.41, 5.74) is 8.76. The van der Waals surface area contributed by atoms with Gasteiger partial charge in [0.25, 0.3) is 5.91 Å². The molecule has 0 aliphatic carbocycles. The number of aliphatic imine (C=N–C) groups is 1. The van der Waals surface area contributed by atoms with Crippen LogP contribution in [-0.4, -0.2) is 22.1 Å². The summed E-state index contributed by atoms with van der Waals surface area (Å²) in [6.45, 7) is 1.95. The number of benzene rings is 2. The first kappa shape index (κ1) is 21.0. The highest BCUT2D eigenvalue weighted by molar-refractivity contribution is 6.34. The maximum Gasteiger partial charge on any atom is 0.262 e. The van der Waals surface area contributed by atoms with Crippen molar-refractivity contribution in [2.75, 3.05) is 0 Å². The van der Waals surface area contributed by atoms with Crippen molar-refractivity contribution in [2.24, 2.45) is 10.7 Å². The molecule has 0 radical (unpaired) electrons. The number of nitrogens with one attached hydrogen (secondary N) is 2.